The van der Waals surface area contributed by atoms with Gasteiger partial charge in [0.1, 0.15) is 18.2 Å². The minimum Gasteiger partial charge on any atom is -0.492 e. The van der Waals surface area contributed by atoms with Crippen LogP contribution in [-0.4, -0.2) is 62.1 Å². The minimum atomic E-state index is -0.324. The van der Waals surface area contributed by atoms with E-state index in [1.165, 1.54) is 12.1 Å². The topological polar surface area (TPSA) is 63.9 Å². The van der Waals surface area contributed by atoms with E-state index >= 15 is 0 Å². The highest BCUT2D eigenvalue weighted by Crippen LogP contribution is 2.11. The molecule has 0 aromatic heterocycles. The number of nitrogens with zero attached hydrogens (tertiary/aromatic N) is 4. The first kappa shape index (κ1) is 23.9. The lowest BCUT2D eigenvalue weighted by Gasteiger charge is -2.36. The molecule has 30 heavy (non-hydrogen) atoms. The maximum Gasteiger partial charge on any atom is 0.194 e. The molecule has 0 radical (unpaired) electrons. The van der Waals surface area contributed by atoms with Crippen LogP contribution in [0, 0.1) is 17.1 Å². The normalized spacial score (nSPS) is 14.6. The van der Waals surface area contributed by atoms with Crippen LogP contribution in [0.25, 0.3) is 0 Å². The maximum atomic E-state index is 14.0. The Hall–Kier alpha value is -2.38. The van der Waals surface area contributed by atoms with Gasteiger partial charge in [0.25, 0.3) is 0 Å². The zero-order valence-electron chi connectivity index (χ0n) is 17.1. The van der Waals surface area contributed by atoms with Crippen molar-refractivity contribution in [3.8, 4) is 11.8 Å². The Morgan fingerprint density at radius 1 is 1.17 bits per heavy atom. The molecule has 0 saturated carbocycles. The van der Waals surface area contributed by atoms with E-state index in [-0.39, 0.29) is 29.8 Å². The zero-order chi connectivity index (χ0) is 20.5. The van der Waals surface area contributed by atoms with Gasteiger partial charge in [0.05, 0.1) is 11.6 Å². The molecule has 0 atom stereocenters. The molecule has 0 unspecified atom stereocenters. The summed E-state index contributed by atoms with van der Waals surface area (Å²) in [4.78, 5) is 8.86. The van der Waals surface area contributed by atoms with E-state index in [2.05, 4.69) is 20.1 Å². The quantitative estimate of drug-likeness (QED) is 0.359. The van der Waals surface area contributed by atoms with E-state index in [4.69, 9.17) is 10.00 Å². The molecule has 2 aromatic carbocycles. The first-order valence-corrected chi connectivity index (χ1v) is 9.74. The van der Waals surface area contributed by atoms with Crippen molar-refractivity contribution >= 4 is 29.9 Å². The van der Waals surface area contributed by atoms with Gasteiger partial charge in [0, 0.05) is 51.9 Å². The Balaban J connectivity index is 0.00000320. The summed E-state index contributed by atoms with van der Waals surface area (Å²) in [7, 11) is 1.73. The molecule has 0 amide bonds. The van der Waals surface area contributed by atoms with Gasteiger partial charge < -0.3 is 15.0 Å². The molecular weight excluding hydrogens is 496 g/mol. The van der Waals surface area contributed by atoms with Crippen LogP contribution < -0.4 is 10.1 Å². The zero-order valence-corrected chi connectivity index (χ0v) is 19.4. The number of aliphatic imine (C=N–C) groups is 1. The Morgan fingerprint density at radius 3 is 2.57 bits per heavy atom. The van der Waals surface area contributed by atoms with E-state index in [0.717, 1.165) is 44.4 Å². The van der Waals surface area contributed by atoms with Gasteiger partial charge in [0.15, 0.2) is 5.96 Å². The van der Waals surface area contributed by atoms with Crippen molar-refractivity contribution in [1.29, 1.82) is 5.26 Å². The summed E-state index contributed by atoms with van der Waals surface area (Å²) in [6, 6.07) is 16.2. The number of nitriles is 1. The molecule has 1 fully saturated rings. The molecule has 0 spiro atoms. The monoisotopic (exact) mass is 523 g/mol. The van der Waals surface area contributed by atoms with Gasteiger partial charge in [0.2, 0.25) is 0 Å². The molecule has 0 bridgehead atoms. The fourth-order valence-electron chi connectivity index (χ4n) is 3.28. The molecule has 3 rings (SSSR count). The fourth-order valence-corrected chi connectivity index (χ4v) is 3.28. The van der Waals surface area contributed by atoms with Gasteiger partial charge in [-0.1, -0.05) is 18.2 Å². The third-order valence-electron chi connectivity index (χ3n) is 4.91. The van der Waals surface area contributed by atoms with E-state index in [1.54, 1.807) is 13.1 Å². The Kier molecular flexibility index (Phi) is 9.83. The smallest absolute Gasteiger partial charge is 0.194 e. The van der Waals surface area contributed by atoms with Crippen LogP contribution in [0.2, 0.25) is 0 Å². The molecule has 1 N–H and O–H groups in total. The lowest BCUT2D eigenvalue weighted by atomic mass is 10.1. The molecule has 0 aliphatic carbocycles. The van der Waals surface area contributed by atoms with Gasteiger partial charge in [-0.15, -0.1) is 24.0 Å². The first-order chi connectivity index (χ1) is 14.2. The third kappa shape index (κ3) is 6.85. The van der Waals surface area contributed by atoms with Gasteiger partial charge >= 0.3 is 0 Å². The number of ether oxygens (including phenoxy) is 1. The van der Waals surface area contributed by atoms with Gasteiger partial charge in [-0.05, 0) is 30.3 Å². The van der Waals surface area contributed by atoms with Crippen molar-refractivity contribution in [2.75, 3.05) is 46.4 Å². The lowest BCUT2D eigenvalue weighted by Crippen LogP contribution is -2.52. The second kappa shape index (κ2) is 12.3. The summed E-state index contributed by atoms with van der Waals surface area (Å²) < 4.78 is 19.7. The van der Waals surface area contributed by atoms with Gasteiger partial charge in [-0.25, -0.2) is 4.39 Å². The summed E-state index contributed by atoms with van der Waals surface area (Å²) in [5, 5.41) is 12.2. The number of nitrogens with one attached hydrogen (secondary N) is 1. The van der Waals surface area contributed by atoms with Crippen LogP contribution in [0.5, 0.6) is 5.75 Å². The highest BCUT2D eigenvalue weighted by Gasteiger charge is 2.19. The predicted molar refractivity (Wildman–Crippen MR) is 127 cm³/mol. The van der Waals surface area contributed by atoms with Crippen LogP contribution in [0.3, 0.4) is 0 Å². The summed E-state index contributed by atoms with van der Waals surface area (Å²) in [5.41, 5.74) is 0.909. The van der Waals surface area contributed by atoms with Crippen molar-refractivity contribution in [3.63, 3.8) is 0 Å². The van der Waals surface area contributed by atoms with Crippen molar-refractivity contribution in [1.82, 2.24) is 15.1 Å². The van der Waals surface area contributed by atoms with E-state index < -0.39 is 0 Å². The number of rotatable bonds is 6. The Labute approximate surface area is 194 Å². The molecule has 160 valence electrons. The Bertz CT molecular complexity index is 864. The Morgan fingerprint density at radius 2 is 1.90 bits per heavy atom. The molecule has 1 heterocycles. The second-order valence-electron chi connectivity index (χ2n) is 6.81. The second-order valence-corrected chi connectivity index (χ2v) is 6.81. The number of guanidine groups is 1. The average molecular weight is 523 g/mol. The number of hydrogen-bond donors (Lipinski definition) is 1. The molecule has 1 aliphatic rings. The van der Waals surface area contributed by atoms with Crippen LogP contribution in [0.15, 0.2) is 53.5 Å². The van der Waals surface area contributed by atoms with E-state index in [9.17, 15) is 4.39 Å². The standard InChI is InChI=1S/C22H26FN5O.HI/c1-25-22(26-17-19-15-18(16-24)7-8-21(19)23)28-11-9-27(10-12-28)13-14-29-20-5-3-2-4-6-20;/h2-8,15H,9-14,17H2,1H3,(H,25,26);1H. The minimum absolute atomic E-state index is 0. The molecule has 2 aromatic rings. The molecule has 8 heteroatoms. The molecule has 1 aliphatic heterocycles. The molecule has 1 saturated heterocycles. The highest BCUT2D eigenvalue weighted by molar-refractivity contribution is 14.0. The van der Waals surface area contributed by atoms with Crippen molar-refractivity contribution in [3.05, 3.63) is 65.5 Å². The number of hydrogen-bond acceptors (Lipinski definition) is 4. The third-order valence-corrected chi connectivity index (χ3v) is 4.91. The number of benzene rings is 2. The van der Waals surface area contributed by atoms with Crippen LogP contribution >= 0.6 is 24.0 Å². The largest absolute Gasteiger partial charge is 0.492 e. The summed E-state index contributed by atoms with van der Waals surface area (Å²) in [6.07, 6.45) is 0. The first-order valence-electron chi connectivity index (χ1n) is 9.74. The van der Waals surface area contributed by atoms with Crippen molar-refractivity contribution in [2.24, 2.45) is 4.99 Å². The molecular formula is C22H27FIN5O. The lowest BCUT2D eigenvalue weighted by molar-refractivity contribution is 0.152. The number of halogens is 2. The number of para-hydroxylation sites is 1. The SMILES string of the molecule is CN=C(NCc1cc(C#N)ccc1F)N1CCN(CCOc2ccccc2)CC1.I. The summed E-state index contributed by atoms with van der Waals surface area (Å²) >= 11 is 0. The summed E-state index contributed by atoms with van der Waals surface area (Å²) in [6.45, 7) is 5.33. The predicted octanol–water partition coefficient (Wildman–Crippen LogP) is 3.09. The van der Waals surface area contributed by atoms with Crippen molar-refractivity contribution < 1.29 is 9.13 Å². The van der Waals surface area contributed by atoms with E-state index in [0.29, 0.717) is 24.3 Å². The van der Waals surface area contributed by atoms with Crippen molar-refractivity contribution in [2.45, 2.75) is 6.54 Å². The number of piperazine rings is 1. The summed E-state index contributed by atoms with van der Waals surface area (Å²) in [5.74, 6) is 1.31. The van der Waals surface area contributed by atoms with Crippen LogP contribution in [-0.2, 0) is 6.54 Å². The van der Waals surface area contributed by atoms with Gasteiger partial charge in [-0.3, -0.25) is 9.89 Å². The van der Waals surface area contributed by atoms with E-state index in [1.807, 2.05) is 36.4 Å². The van der Waals surface area contributed by atoms with Gasteiger partial charge in [-0.2, -0.15) is 5.26 Å². The fraction of sp³-hybridized carbons (Fsp3) is 0.364. The van der Waals surface area contributed by atoms with Crippen LogP contribution in [0.1, 0.15) is 11.1 Å². The highest BCUT2D eigenvalue weighted by atomic mass is 127. The molecule has 6 nitrogen and oxygen atoms in total. The van der Waals surface area contributed by atoms with Crippen LogP contribution in [0.4, 0.5) is 4.39 Å². The maximum absolute atomic E-state index is 14.0. The average Bonchev–Trinajstić information content (AvgIpc) is 2.77.